The van der Waals surface area contributed by atoms with E-state index in [1.54, 1.807) is 30.9 Å². The van der Waals surface area contributed by atoms with Crippen molar-refractivity contribution in [3.05, 3.63) is 60.3 Å². The van der Waals surface area contributed by atoms with Crippen LogP contribution in [0.1, 0.15) is 20.3 Å². The van der Waals surface area contributed by atoms with Crippen molar-refractivity contribution in [3.63, 3.8) is 0 Å². The Balaban J connectivity index is 1.37. The van der Waals surface area contributed by atoms with Crippen molar-refractivity contribution in [2.45, 2.75) is 26.5 Å². The van der Waals surface area contributed by atoms with Gasteiger partial charge < -0.3 is 15.4 Å². The topological polar surface area (TPSA) is 128 Å². The fourth-order valence-corrected chi connectivity index (χ4v) is 5.01. The number of nitrogens with zero attached hydrogens (tertiary/aromatic N) is 5. The fourth-order valence-electron chi connectivity index (χ4n) is 4.27. The molecule has 0 aliphatic heterocycles. The summed E-state index contributed by atoms with van der Waals surface area (Å²) >= 11 is 1.05. The van der Waals surface area contributed by atoms with Gasteiger partial charge in [0.05, 0.1) is 34.8 Å². The van der Waals surface area contributed by atoms with Gasteiger partial charge in [-0.2, -0.15) is 9.49 Å². The van der Waals surface area contributed by atoms with Crippen LogP contribution in [0.2, 0.25) is 0 Å². The van der Waals surface area contributed by atoms with E-state index >= 15 is 0 Å². The lowest BCUT2D eigenvalue weighted by atomic mass is 10.1. The van der Waals surface area contributed by atoms with Gasteiger partial charge in [-0.1, -0.05) is 13.8 Å². The first-order valence-electron chi connectivity index (χ1n) is 11.8. The molecule has 6 aromatic rings. The zero-order valence-electron chi connectivity index (χ0n) is 20.0. The number of aliphatic hydroxyl groups excluding tert-OH is 1. The van der Waals surface area contributed by atoms with E-state index in [1.165, 1.54) is 6.07 Å². The number of aromatic nitrogens is 7. The first-order chi connectivity index (χ1) is 17.9. The first-order valence-corrected chi connectivity index (χ1v) is 12.6. The monoisotopic (exact) mass is 514 g/mol. The number of fused-ring (bicyclic) bond motifs is 2. The second kappa shape index (κ2) is 9.34. The maximum absolute atomic E-state index is 13.7. The molecule has 6 heterocycles. The van der Waals surface area contributed by atoms with Crippen LogP contribution in [0.15, 0.2) is 55.1 Å². The number of rotatable bonds is 7. The Morgan fingerprint density at radius 1 is 1.00 bits per heavy atom. The van der Waals surface area contributed by atoms with Gasteiger partial charge in [-0.15, -0.1) is 11.3 Å². The van der Waals surface area contributed by atoms with Crippen LogP contribution < -0.4 is 5.32 Å². The summed E-state index contributed by atoms with van der Waals surface area (Å²) in [5.74, 6) is 0.890. The molecule has 0 aliphatic carbocycles. The van der Waals surface area contributed by atoms with E-state index in [2.05, 4.69) is 44.3 Å². The third-order valence-electron chi connectivity index (χ3n) is 5.93. The SMILES string of the molecule is CC(C)CC(O)Nc1cncc(-c2ccc3[nH]nc(-c4nc5c(-c6ccc(F)s6)cncc5[nH]4)c3n2)c1. The predicted octanol–water partition coefficient (Wildman–Crippen LogP) is 5.60. The third kappa shape index (κ3) is 4.54. The molecule has 0 bridgehead atoms. The number of thiophene rings is 1. The van der Waals surface area contributed by atoms with Gasteiger partial charge in [-0.3, -0.25) is 15.1 Å². The maximum Gasteiger partial charge on any atom is 0.176 e. The number of nitrogens with one attached hydrogen (secondary N) is 3. The number of imidazole rings is 1. The van der Waals surface area contributed by atoms with Crippen molar-refractivity contribution >= 4 is 39.1 Å². The molecule has 11 heteroatoms. The molecule has 37 heavy (non-hydrogen) atoms. The summed E-state index contributed by atoms with van der Waals surface area (Å²) in [6, 6.07) is 8.86. The molecule has 6 rings (SSSR count). The summed E-state index contributed by atoms with van der Waals surface area (Å²) in [5, 5.41) is 20.6. The van der Waals surface area contributed by atoms with Crippen LogP contribution in [0.4, 0.5) is 10.1 Å². The van der Waals surface area contributed by atoms with Crippen LogP contribution in [0.5, 0.6) is 0 Å². The van der Waals surface area contributed by atoms with Crippen LogP contribution in [-0.4, -0.2) is 46.5 Å². The van der Waals surface area contributed by atoms with E-state index < -0.39 is 6.23 Å². The number of hydrogen-bond donors (Lipinski definition) is 4. The van der Waals surface area contributed by atoms with Gasteiger partial charge in [-0.25, -0.2) is 9.97 Å². The molecular formula is C26H23FN8OS. The van der Waals surface area contributed by atoms with Crippen LogP contribution in [0.3, 0.4) is 0 Å². The van der Waals surface area contributed by atoms with Crippen molar-refractivity contribution in [2.24, 2.45) is 5.92 Å². The quantitative estimate of drug-likeness (QED) is 0.204. The van der Waals surface area contributed by atoms with Gasteiger partial charge in [0.2, 0.25) is 0 Å². The fraction of sp³-hybridized carbons (Fsp3) is 0.192. The highest BCUT2D eigenvalue weighted by molar-refractivity contribution is 7.14. The number of halogens is 1. The van der Waals surface area contributed by atoms with Crippen molar-refractivity contribution < 1.29 is 9.50 Å². The van der Waals surface area contributed by atoms with E-state index in [0.717, 1.165) is 38.4 Å². The molecule has 0 fully saturated rings. The number of H-pyrrole nitrogens is 2. The molecule has 0 amide bonds. The van der Waals surface area contributed by atoms with Gasteiger partial charge in [0.15, 0.2) is 16.6 Å². The van der Waals surface area contributed by atoms with E-state index in [-0.39, 0.29) is 5.13 Å². The summed E-state index contributed by atoms with van der Waals surface area (Å²) in [4.78, 5) is 22.3. The molecule has 0 aromatic carbocycles. The number of anilines is 1. The molecule has 9 nitrogen and oxygen atoms in total. The zero-order valence-corrected chi connectivity index (χ0v) is 20.8. The molecule has 0 spiro atoms. The lowest BCUT2D eigenvalue weighted by molar-refractivity contribution is 0.176. The molecule has 6 aromatic heterocycles. The van der Waals surface area contributed by atoms with Gasteiger partial charge in [-0.05, 0) is 42.7 Å². The van der Waals surface area contributed by atoms with Crippen molar-refractivity contribution in [3.8, 4) is 33.2 Å². The van der Waals surface area contributed by atoms with Crippen LogP contribution in [0, 0.1) is 11.0 Å². The van der Waals surface area contributed by atoms with Gasteiger partial charge in [0.25, 0.3) is 0 Å². The summed E-state index contributed by atoms with van der Waals surface area (Å²) in [6.45, 7) is 4.12. The molecule has 1 atom stereocenters. The Hall–Kier alpha value is -4.22. The molecule has 0 saturated carbocycles. The van der Waals surface area contributed by atoms with E-state index in [0.29, 0.717) is 46.3 Å². The minimum Gasteiger partial charge on any atom is -0.374 e. The lowest BCUT2D eigenvalue weighted by Crippen LogP contribution is -2.20. The average Bonchev–Trinajstić information content (AvgIpc) is 3.60. The Morgan fingerprint density at radius 2 is 1.86 bits per heavy atom. The van der Waals surface area contributed by atoms with Crippen molar-refractivity contribution in [1.29, 1.82) is 0 Å². The van der Waals surface area contributed by atoms with Crippen LogP contribution >= 0.6 is 11.3 Å². The summed E-state index contributed by atoms with van der Waals surface area (Å²) in [6.07, 6.45) is 6.74. The molecule has 186 valence electrons. The van der Waals surface area contributed by atoms with E-state index in [9.17, 15) is 9.50 Å². The van der Waals surface area contributed by atoms with Gasteiger partial charge in [0, 0.05) is 28.4 Å². The molecular weight excluding hydrogens is 491 g/mol. The average molecular weight is 515 g/mol. The Bertz CT molecular complexity index is 1720. The number of hydrogen-bond acceptors (Lipinski definition) is 8. The summed E-state index contributed by atoms with van der Waals surface area (Å²) < 4.78 is 13.7. The number of aliphatic hydroxyl groups is 1. The predicted molar refractivity (Wildman–Crippen MR) is 142 cm³/mol. The zero-order chi connectivity index (χ0) is 25.5. The maximum atomic E-state index is 13.7. The summed E-state index contributed by atoms with van der Waals surface area (Å²) in [5.41, 5.74) is 6.33. The highest BCUT2D eigenvalue weighted by Crippen LogP contribution is 2.34. The number of pyridine rings is 3. The molecule has 4 N–H and O–H groups in total. The molecule has 0 radical (unpaired) electrons. The van der Waals surface area contributed by atoms with Crippen LogP contribution in [-0.2, 0) is 0 Å². The smallest absolute Gasteiger partial charge is 0.176 e. The molecule has 0 saturated heterocycles. The molecule has 0 aliphatic rings. The van der Waals surface area contributed by atoms with Crippen molar-refractivity contribution in [2.75, 3.05) is 5.32 Å². The Morgan fingerprint density at radius 3 is 2.68 bits per heavy atom. The highest BCUT2D eigenvalue weighted by Gasteiger charge is 2.18. The second-order valence-electron chi connectivity index (χ2n) is 9.19. The normalized spacial score (nSPS) is 12.6. The van der Waals surface area contributed by atoms with Crippen LogP contribution in [0.25, 0.3) is 55.3 Å². The molecule has 1 unspecified atom stereocenters. The lowest BCUT2D eigenvalue weighted by Gasteiger charge is -2.16. The first kappa shape index (κ1) is 23.2. The standard InChI is InChI=1S/C26H23FN8OS/c1-13(2)7-22(36)30-15-8-14(9-28-10-15)17-3-4-18-24(31-17)25(35-34-18)26-32-19-12-29-11-16(23(19)33-26)20-5-6-21(27)37-20/h3-6,8-13,22,30,36H,7H2,1-2H3,(H,32,33)(H,34,35). The minimum absolute atomic E-state index is 0.263. The number of aromatic amines is 2. The largest absolute Gasteiger partial charge is 0.374 e. The second-order valence-corrected chi connectivity index (χ2v) is 10.2. The Labute approximate surface area is 214 Å². The minimum atomic E-state index is -0.661. The van der Waals surface area contributed by atoms with E-state index in [4.69, 9.17) is 9.97 Å². The van der Waals surface area contributed by atoms with Gasteiger partial charge >= 0.3 is 0 Å². The van der Waals surface area contributed by atoms with Crippen molar-refractivity contribution in [1.82, 2.24) is 35.1 Å². The highest BCUT2D eigenvalue weighted by atomic mass is 32.1. The summed E-state index contributed by atoms with van der Waals surface area (Å²) in [7, 11) is 0. The Kier molecular flexibility index (Phi) is 5.85. The van der Waals surface area contributed by atoms with E-state index in [1.807, 2.05) is 18.2 Å². The van der Waals surface area contributed by atoms with Gasteiger partial charge in [0.1, 0.15) is 17.3 Å². The third-order valence-corrected chi connectivity index (χ3v) is 6.83.